The molecular formula is C11H15BrClNO2S2. The zero-order valence-corrected chi connectivity index (χ0v) is 14.0. The van der Waals surface area contributed by atoms with Crippen molar-refractivity contribution >= 4 is 48.9 Å². The molecule has 1 aromatic rings. The fourth-order valence-electron chi connectivity index (χ4n) is 2.14. The highest BCUT2D eigenvalue weighted by Gasteiger charge is 2.30. The Bertz CT molecular complexity index is 502. The Morgan fingerprint density at radius 2 is 2.11 bits per heavy atom. The van der Waals surface area contributed by atoms with Crippen molar-refractivity contribution < 1.29 is 8.42 Å². The maximum atomic E-state index is 12.4. The van der Waals surface area contributed by atoms with Crippen LogP contribution in [0, 0.1) is 5.92 Å². The van der Waals surface area contributed by atoms with Gasteiger partial charge in [0.25, 0.3) is 10.0 Å². The number of rotatable bonds is 3. The van der Waals surface area contributed by atoms with Gasteiger partial charge in [-0.2, -0.15) is 4.31 Å². The van der Waals surface area contributed by atoms with E-state index in [2.05, 4.69) is 22.9 Å². The highest BCUT2D eigenvalue weighted by molar-refractivity contribution is 9.11. The van der Waals surface area contributed by atoms with E-state index in [9.17, 15) is 8.42 Å². The third-order valence-corrected chi connectivity index (χ3v) is 8.19. The molecule has 1 aromatic heterocycles. The molecule has 18 heavy (non-hydrogen) atoms. The van der Waals surface area contributed by atoms with Crippen LogP contribution in [0.2, 0.25) is 5.02 Å². The van der Waals surface area contributed by atoms with Crippen LogP contribution in [0.25, 0.3) is 0 Å². The molecule has 0 aliphatic carbocycles. The van der Waals surface area contributed by atoms with Gasteiger partial charge >= 0.3 is 0 Å². The second-order valence-corrected chi connectivity index (χ2v) is 9.38. The zero-order valence-electron chi connectivity index (χ0n) is 10.0. The van der Waals surface area contributed by atoms with Crippen LogP contribution in [0.3, 0.4) is 0 Å². The van der Waals surface area contributed by atoms with E-state index in [4.69, 9.17) is 11.6 Å². The molecule has 0 aromatic carbocycles. The lowest BCUT2D eigenvalue weighted by Gasteiger charge is -2.30. The van der Waals surface area contributed by atoms with Gasteiger partial charge in [0.05, 0.1) is 8.81 Å². The predicted molar refractivity (Wildman–Crippen MR) is 78.8 cm³/mol. The topological polar surface area (TPSA) is 37.4 Å². The Kier molecular flexibility index (Phi) is 4.75. The van der Waals surface area contributed by atoms with Crippen molar-refractivity contribution in [1.29, 1.82) is 0 Å². The summed E-state index contributed by atoms with van der Waals surface area (Å²) in [6, 6.07) is 1.53. The van der Waals surface area contributed by atoms with Crippen LogP contribution >= 0.6 is 38.9 Å². The molecule has 7 heteroatoms. The van der Waals surface area contributed by atoms with Gasteiger partial charge < -0.3 is 0 Å². The molecule has 0 unspecified atom stereocenters. The molecule has 2 heterocycles. The Morgan fingerprint density at radius 1 is 1.50 bits per heavy atom. The van der Waals surface area contributed by atoms with Crippen molar-refractivity contribution in [2.75, 3.05) is 13.1 Å². The molecule has 0 spiro atoms. The van der Waals surface area contributed by atoms with Crippen LogP contribution in [0.1, 0.15) is 26.2 Å². The Hall–Kier alpha value is 0.380. The van der Waals surface area contributed by atoms with Gasteiger partial charge in [0.1, 0.15) is 4.21 Å². The van der Waals surface area contributed by atoms with Crippen LogP contribution < -0.4 is 0 Å². The number of piperidine rings is 1. The molecule has 0 saturated carbocycles. The standard InChI is InChI=1S/C11H15BrClNO2S2/c1-2-8-3-5-14(6-4-8)18(15,16)10-7-9(13)11(12)17-10/h7-8H,2-6H2,1H3. The first-order valence-electron chi connectivity index (χ1n) is 5.90. The van der Waals surface area contributed by atoms with Crippen molar-refractivity contribution in [2.24, 2.45) is 5.92 Å². The second-order valence-electron chi connectivity index (χ2n) is 4.44. The molecule has 102 valence electrons. The third-order valence-electron chi connectivity index (χ3n) is 3.37. The van der Waals surface area contributed by atoms with Crippen molar-refractivity contribution in [3.8, 4) is 0 Å². The highest BCUT2D eigenvalue weighted by atomic mass is 79.9. The monoisotopic (exact) mass is 371 g/mol. The van der Waals surface area contributed by atoms with Crippen molar-refractivity contribution in [3.63, 3.8) is 0 Å². The highest BCUT2D eigenvalue weighted by Crippen LogP contribution is 2.36. The van der Waals surface area contributed by atoms with Crippen molar-refractivity contribution in [2.45, 2.75) is 30.4 Å². The predicted octanol–water partition coefficient (Wildman–Crippen LogP) is 3.97. The minimum Gasteiger partial charge on any atom is -0.206 e. The Balaban J connectivity index is 2.17. The van der Waals surface area contributed by atoms with E-state index < -0.39 is 10.0 Å². The SMILES string of the molecule is CCC1CCN(S(=O)(=O)c2cc(Cl)c(Br)s2)CC1. The van der Waals surface area contributed by atoms with Gasteiger partial charge in [0.15, 0.2) is 0 Å². The smallest absolute Gasteiger partial charge is 0.206 e. The lowest BCUT2D eigenvalue weighted by Crippen LogP contribution is -2.37. The van der Waals surface area contributed by atoms with Gasteiger partial charge in [-0.3, -0.25) is 0 Å². The maximum Gasteiger partial charge on any atom is 0.252 e. The minimum absolute atomic E-state index is 0.328. The van der Waals surface area contributed by atoms with Crippen LogP contribution in [-0.2, 0) is 10.0 Å². The average molecular weight is 373 g/mol. The summed E-state index contributed by atoms with van der Waals surface area (Å²) in [4.78, 5) is 0. The molecule has 0 atom stereocenters. The normalized spacial score (nSPS) is 19.3. The first-order valence-corrected chi connectivity index (χ1v) is 9.33. The van der Waals surface area contributed by atoms with Gasteiger partial charge in [-0.05, 0) is 40.8 Å². The summed E-state index contributed by atoms with van der Waals surface area (Å²) in [5.74, 6) is 0.662. The summed E-state index contributed by atoms with van der Waals surface area (Å²) in [5.41, 5.74) is 0. The molecule has 0 radical (unpaired) electrons. The molecular weight excluding hydrogens is 358 g/mol. The number of nitrogens with zero attached hydrogens (tertiary/aromatic N) is 1. The number of hydrogen-bond donors (Lipinski definition) is 0. The van der Waals surface area contributed by atoms with E-state index in [0.717, 1.165) is 19.3 Å². The van der Waals surface area contributed by atoms with E-state index in [1.165, 1.54) is 17.4 Å². The summed E-state index contributed by atoms with van der Waals surface area (Å²) in [5, 5.41) is 0.460. The van der Waals surface area contributed by atoms with E-state index >= 15 is 0 Å². The molecule has 0 amide bonds. The fourth-order valence-corrected chi connectivity index (χ4v) is 6.16. The maximum absolute atomic E-state index is 12.4. The quantitative estimate of drug-likeness (QED) is 0.805. The van der Waals surface area contributed by atoms with Gasteiger partial charge in [-0.25, -0.2) is 8.42 Å². The van der Waals surface area contributed by atoms with Crippen LogP contribution in [0.5, 0.6) is 0 Å². The molecule has 1 aliphatic rings. The molecule has 3 nitrogen and oxygen atoms in total. The second kappa shape index (κ2) is 5.79. The lowest BCUT2D eigenvalue weighted by atomic mass is 9.96. The summed E-state index contributed by atoms with van der Waals surface area (Å²) in [7, 11) is -3.36. The summed E-state index contributed by atoms with van der Waals surface area (Å²) in [6.07, 6.45) is 3.04. The molecule has 0 bridgehead atoms. The average Bonchev–Trinajstić information content (AvgIpc) is 2.70. The molecule has 1 aliphatic heterocycles. The number of halogens is 2. The lowest BCUT2D eigenvalue weighted by molar-refractivity contribution is 0.269. The molecule has 0 N–H and O–H groups in total. The Morgan fingerprint density at radius 3 is 2.56 bits per heavy atom. The molecule has 2 rings (SSSR count). The van der Waals surface area contributed by atoms with Crippen molar-refractivity contribution in [3.05, 3.63) is 14.9 Å². The van der Waals surface area contributed by atoms with E-state index in [1.54, 1.807) is 4.31 Å². The van der Waals surface area contributed by atoms with E-state index in [1.807, 2.05) is 0 Å². The van der Waals surface area contributed by atoms with Crippen LogP contribution in [0.4, 0.5) is 0 Å². The number of thiophene rings is 1. The van der Waals surface area contributed by atoms with Gasteiger partial charge in [-0.15, -0.1) is 11.3 Å². The first kappa shape index (κ1) is 14.8. The summed E-state index contributed by atoms with van der Waals surface area (Å²) >= 11 is 10.3. The minimum atomic E-state index is -3.36. The number of sulfonamides is 1. The summed E-state index contributed by atoms with van der Waals surface area (Å²) in [6.45, 7) is 3.40. The van der Waals surface area contributed by atoms with E-state index in [-0.39, 0.29) is 0 Å². The zero-order chi connectivity index (χ0) is 13.3. The van der Waals surface area contributed by atoms with Gasteiger partial charge in [0.2, 0.25) is 0 Å². The molecule has 1 fully saturated rings. The van der Waals surface area contributed by atoms with Crippen LogP contribution in [-0.4, -0.2) is 25.8 Å². The summed E-state index contributed by atoms with van der Waals surface area (Å²) < 4.78 is 27.4. The third kappa shape index (κ3) is 2.93. The van der Waals surface area contributed by atoms with Crippen LogP contribution in [0.15, 0.2) is 14.1 Å². The van der Waals surface area contributed by atoms with Gasteiger partial charge in [-0.1, -0.05) is 24.9 Å². The van der Waals surface area contributed by atoms with Crippen molar-refractivity contribution in [1.82, 2.24) is 4.31 Å². The number of hydrogen-bond acceptors (Lipinski definition) is 3. The van der Waals surface area contributed by atoms with Gasteiger partial charge in [0, 0.05) is 13.1 Å². The molecule has 1 saturated heterocycles. The van der Waals surface area contributed by atoms with E-state index in [0.29, 0.717) is 32.0 Å². The largest absolute Gasteiger partial charge is 0.252 e. The Labute approximate surface area is 125 Å². The fraction of sp³-hybridized carbons (Fsp3) is 0.636. The first-order chi connectivity index (χ1) is 8.45.